The molecule has 2 heterocycles. The van der Waals surface area contributed by atoms with Gasteiger partial charge in [0.05, 0.1) is 23.8 Å². The van der Waals surface area contributed by atoms with Crippen molar-refractivity contribution in [3.63, 3.8) is 0 Å². The van der Waals surface area contributed by atoms with Gasteiger partial charge < -0.3 is 10.0 Å². The van der Waals surface area contributed by atoms with E-state index < -0.39 is 0 Å². The minimum atomic E-state index is -0.184. The van der Waals surface area contributed by atoms with Crippen molar-refractivity contribution in [3.05, 3.63) is 65.3 Å². The second-order valence-electron chi connectivity index (χ2n) is 7.21. The average Bonchev–Trinajstić information content (AvgIpc) is 2.68. The summed E-state index contributed by atoms with van der Waals surface area (Å²) < 4.78 is 0. The van der Waals surface area contributed by atoms with Crippen molar-refractivity contribution in [2.24, 2.45) is 5.41 Å². The fourth-order valence-corrected chi connectivity index (χ4v) is 4.13. The van der Waals surface area contributed by atoms with E-state index in [0.717, 1.165) is 59.8 Å². The van der Waals surface area contributed by atoms with E-state index in [4.69, 9.17) is 16.6 Å². The van der Waals surface area contributed by atoms with Crippen LogP contribution in [-0.2, 0) is 6.42 Å². The van der Waals surface area contributed by atoms with Crippen molar-refractivity contribution < 1.29 is 5.11 Å². The van der Waals surface area contributed by atoms with Gasteiger partial charge in [-0.3, -0.25) is 4.98 Å². The molecule has 0 spiro atoms. The van der Waals surface area contributed by atoms with Gasteiger partial charge in [-0.05, 0) is 49.1 Å². The van der Waals surface area contributed by atoms with Gasteiger partial charge >= 0.3 is 0 Å². The molecule has 1 aliphatic heterocycles. The number of rotatable bonds is 4. The zero-order chi connectivity index (χ0) is 18.0. The number of para-hydroxylation sites is 2. The molecule has 1 aromatic heterocycles. The molecule has 1 aliphatic rings. The lowest BCUT2D eigenvalue weighted by atomic mass is 9.76. The van der Waals surface area contributed by atoms with Gasteiger partial charge in [-0.15, -0.1) is 0 Å². The van der Waals surface area contributed by atoms with Gasteiger partial charge in [-0.1, -0.05) is 35.9 Å². The molecule has 134 valence electrons. The van der Waals surface area contributed by atoms with Crippen LogP contribution in [-0.4, -0.2) is 34.8 Å². The fourth-order valence-electron chi connectivity index (χ4n) is 3.91. The molecule has 1 atom stereocenters. The second kappa shape index (κ2) is 7.22. The van der Waals surface area contributed by atoms with E-state index in [2.05, 4.69) is 16.0 Å². The van der Waals surface area contributed by atoms with Crippen LogP contribution in [0.5, 0.6) is 0 Å². The Morgan fingerprint density at radius 3 is 2.77 bits per heavy atom. The van der Waals surface area contributed by atoms with Crippen LogP contribution in [0.1, 0.15) is 18.4 Å². The number of benzene rings is 2. The lowest BCUT2D eigenvalue weighted by molar-refractivity contribution is 0.105. The van der Waals surface area contributed by atoms with Crippen LogP contribution < -0.4 is 4.90 Å². The van der Waals surface area contributed by atoms with Crippen LogP contribution in [0.3, 0.4) is 0 Å². The van der Waals surface area contributed by atoms with Crippen molar-refractivity contribution in [1.82, 2.24) is 9.97 Å². The largest absolute Gasteiger partial charge is 0.396 e. The minimum Gasteiger partial charge on any atom is -0.396 e. The average molecular weight is 368 g/mol. The number of hydrogen-bond donors (Lipinski definition) is 1. The number of halogens is 1. The van der Waals surface area contributed by atoms with Gasteiger partial charge in [0.2, 0.25) is 0 Å². The number of aliphatic hydroxyl groups excluding tert-OH is 1. The summed E-state index contributed by atoms with van der Waals surface area (Å²) in [5.41, 5.74) is 2.79. The van der Waals surface area contributed by atoms with Gasteiger partial charge in [-0.2, -0.15) is 0 Å². The third kappa shape index (κ3) is 3.53. The summed E-state index contributed by atoms with van der Waals surface area (Å²) in [6.07, 6.45) is 4.67. The SMILES string of the molecule is OCC1(Cc2cccc(Cl)c2)CCCN(c2cnc3ccccc3n2)C1. The van der Waals surface area contributed by atoms with Crippen LogP contribution in [0.15, 0.2) is 54.7 Å². The molecule has 0 radical (unpaired) electrons. The molecular weight excluding hydrogens is 346 g/mol. The van der Waals surface area contributed by atoms with E-state index in [1.54, 1.807) is 0 Å². The molecule has 0 amide bonds. The second-order valence-corrected chi connectivity index (χ2v) is 7.64. The highest BCUT2D eigenvalue weighted by molar-refractivity contribution is 6.30. The number of hydrogen-bond acceptors (Lipinski definition) is 4. The summed E-state index contributed by atoms with van der Waals surface area (Å²) in [6, 6.07) is 15.8. The zero-order valence-corrected chi connectivity index (χ0v) is 15.4. The maximum Gasteiger partial charge on any atom is 0.147 e. The molecule has 4 rings (SSSR count). The lowest BCUT2D eigenvalue weighted by Crippen LogP contribution is -2.47. The van der Waals surface area contributed by atoms with E-state index in [-0.39, 0.29) is 12.0 Å². The number of piperidine rings is 1. The monoisotopic (exact) mass is 367 g/mol. The number of aliphatic hydroxyl groups is 1. The van der Waals surface area contributed by atoms with Gasteiger partial charge in [0, 0.05) is 23.5 Å². The normalized spacial score (nSPS) is 20.5. The molecule has 2 aromatic carbocycles. The molecule has 1 saturated heterocycles. The Bertz CT molecular complexity index is 916. The highest BCUT2D eigenvalue weighted by atomic mass is 35.5. The van der Waals surface area contributed by atoms with Crippen LogP contribution in [0.4, 0.5) is 5.82 Å². The first-order valence-corrected chi connectivity index (χ1v) is 9.37. The lowest BCUT2D eigenvalue weighted by Gasteiger charge is -2.42. The summed E-state index contributed by atoms with van der Waals surface area (Å²) in [6.45, 7) is 1.85. The summed E-state index contributed by atoms with van der Waals surface area (Å²) in [7, 11) is 0. The molecule has 3 aromatic rings. The van der Waals surface area contributed by atoms with Gasteiger partial charge in [0.1, 0.15) is 5.82 Å². The van der Waals surface area contributed by atoms with Crippen LogP contribution in [0, 0.1) is 5.41 Å². The number of nitrogens with zero attached hydrogens (tertiary/aromatic N) is 3. The summed E-state index contributed by atoms with van der Waals surface area (Å²) >= 11 is 6.14. The standard InChI is InChI=1S/C21H22ClN3O/c22-17-6-3-5-16(11-17)12-21(15-26)9-4-10-25(14-21)20-13-23-18-7-1-2-8-19(18)24-20/h1-3,5-8,11,13,26H,4,9-10,12,14-15H2. The van der Waals surface area contributed by atoms with Gasteiger partial charge in [0.15, 0.2) is 0 Å². The van der Waals surface area contributed by atoms with Crippen molar-refractivity contribution in [3.8, 4) is 0 Å². The molecule has 1 unspecified atom stereocenters. The van der Waals surface area contributed by atoms with E-state index in [9.17, 15) is 5.11 Å². The van der Waals surface area contributed by atoms with Crippen molar-refractivity contribution in [1.29, 1.82) is 0 Å². The fraction of sp³-hybridized carbons (Fsp3) is 0.333. The topological polar surface area (TPSA) is 49.2 Å². The first kappa shape index (κ1) is 17.3. The maximum absolute atomic E-state index is 10.2. The van der Waals surface area contributed by atoms with E-state index >= 15 is 0 Å². The highest BCUT2D eigenvalue weighted by Gasteiger charge is 2.35. The molecule has 1 N–H and O–H groups in total. The Kier molecular flexibility index (Phi) is 4.79. The van der Waals surface area contributed by atoms with Crippen LogP contribution >= 0.6 is 11.6 Å². The predicted octanol–water partition coefficient (Wildman–Crippen LogP) is 4.10. The summed E-state index contributed by atoms with van der Waals surface area (Å²) in [5.74, 6) is 0.882. The molecule has 4 nitrogen and oxygen atoms in total. The van der Waals surface area contributed by atoms with Crippen molar-refractivity contribution in [2.75, 3.05) is 24.6 Å². The Morgan fingerprint density at radius 1 is 1.12 bits per heavy atom. The Hall–Kier alpha value is -2.17. The first-order valence-electron chi connectivity index (χ1n) is 9.00. The van der Waals surface area contributed by atoms with Crippen LogP contribution in [0.2, 0.25) is 5.02 Å². The molecular formula is C21H22ClN3O. The highest BCUT2D eigenvalue weighted by Crippen LogP contribution is 2.35. The van der Waals surface area contributed by atoms with E-state index in [1.165, 1.54) is 0 Å². The smallest absolute Gasteiger partial charge is 0.147 e. The number of fused-ring (bicyclic) bond motifs is 1. The number of aromatic nitrogens is 2. The Morgan fingerprint density at radius 2 is 1.96 bits per heavy atom. The molecule has 0 aliphatic carbocycles. The van der Waals surface area contributed by atoms with E-state index in [1.807, 2.05) is 48.7 Å². The van der Waals surface area contributed by atoms with Gasteiger partial charge in [-0.25, -0.2) is 4.98 Å². The van der Waals surface area contributed by atoms with E-state index in [0.29, 0.717) is 0 Å². The minimum absolute atomic E-state index is 0.150. The molecule has 0 bridgehead atoms. The molecule has 1 fully saturated rings. The third-order valence-corrected chi connectivity index (χ3v) is 5.46. The first-order chi connectivity index (χ1) is 12.7. The molecule has 26 heavy (non-hydrogen) atoms. The zero-order valence-electron chi connectivity index (χ0n) is 14.6. The van der Waals surface area contributed by atoms with Gasteiger partial charge in [0.25, 0.3) is 0 Å². The summed E-state index contributed by atoms with van der Waals surface area (Å²) in [4.78, 5) is 11.6. The van der Waals surface area contributed by atoms with Crippen LogP contribution in [0.25, 0.3) is 11.0 Å². The predicted molar refractivity (Wildman–Crippen MR) is 106 cm³/mol. The van der Waals surface area contributed by atoms with Crippen molar-refractivity contribution >= 4 is 28.5 Å². The third-order valence-electron chi connectivity index (χ3n) is 5.22. The molecule has 0 saturated carbocycles. The van der Waals surface area contributed by atoms with Crippen molar-refractivity contribution in [2.45, 2.75) is 19.3 Å². The summed E-state index contributed by atoms with van der Waals surface area (Å²) in [5, 5.41) is 11.0. The number of anilines is 1. The molecule has 5 heteroatoms. The quantitative estimate of drug-likeness (QED) is 0.754. The Balaban J connectivity index is 1.60. The Labute approximate surface area is 158 Å². The maximum atomic E-state index is 10.2.